The Hall–Kier alpha value is -4.98. The molecule has 8 heteroatoms. The van der Waals surface area contributed by atoms with Gasteiger partial charge in [0.25, 0.3) is 0 Å². The predicted octanol–water partition coefficient (Wildman–Crippen LogP) is 7.93. The summed E-state index contributed by atoms with van der Waals surface area (Å²) >= 11 is 0. The van der Waals surface area contributed by atoms with Crippen LogP contribution in [0.2, 0.25) is 0 Å². The van der Waals surface area contributed by atoms with E-state index < -0.39 is 23.6 Å². The minimum Gasteiger partial charge on any atom is -0.351 e. The van der Waals surface area contributed by atoms with Crippen molar-refractivity contribution in [2.24, 2.45) is 5.73 Å². The molecule has 2 N–H and O–H groups in total. The Labute approximate surface area is 228 Å². The van der Waals surface area contributed by atoms with Crippen LogP contribution in [0.3, 0.4) is 0 Å². The molecule has 0 atom stereocenters. The average molecular weight is 540 g/mol. The molecule has 40 heavy (non-hydrogen) atoms. The van der Waals surface area contributed by atoms with Gasteiger partial charge in [-0.25, -0.2) is 4.79 Å². The second-order valence-electron chi connectivity index (χ2n) is 9.15. The fraction of sp³-hybridized carbons (Fsp3) is 0.0938. The molecule has 0 fully saturated rings. The van der Waals surface area contributed by atoms with E-state index in [9.17, 15) is 22.8 Å². The van der Waals surface area contributed by atoms with Crippen LogP contribution in [0.1, 0.15) is 34.0 Å². The summed E-state index contributed by atoms with van der Waals surface area (Å²) in [6.07, 6.45) is -2.82. The third-order valence-corrected chi connectivity index (χ3v) is 6.71. The number of urea groups is 1. The zero-order valence-electron chi connectivity index (χ0n) is 21.4. The van der Waals surface area contributed by atoms with Gasteiger partial charge in [-0.3, -0.25) is 14.7 Å². The molecule has 0 aliphatic rings. The lowest BCUT2D eigenvalue weighted by Crippen LogP contribution is -2.32. The molecule has 5 rings (SSSR count). The van der Waals surface area contributed by atoms with Crippen molar-refractivity contribution in [3.63, 3.8) is 0 Å². The fourth-order valence-electron chi connectivity index (χ4n) is 4.89. The van der Waals surface area contributed by atoms with Gasteiger partial charge in [0.05, 0.1) is 22.5 Å². The van der Waals surface area contributed by atoms with Gasteiger partial charge in [0.15, 0.2) is 5.78 Å². The van der Waals surface area contributed by atoms with E-state index in [0.29, 0.717) is 28.9 Å². The number of anilines is 2. The normalized spacial score (nSPS) is 11.4. The predicted molar refractivity (Wildman–Crippen MR) is 150 cm³/mol. The molecular formula is C32H24F3N3O2. The largest absolute Gasteiger partial charge is 0.418 e. The number of aryl methyl sites for hydroxylation is 1. The highest BCUT2D eigenvalue weighted by Gasteiger charge is 2.34. The molecule has 0 aliphatic heterocycles. The van der Waals surface area contributed by atoms with Crippen LogP contribution < -0.4 is 10.6 Å². The van der Waals surface area contributed by atoms with E-state index in [0.717, 1.165) is 11.6 Å². The number of para-hydroxylation sites is 2. The van der Waals surface area contributed by atoms with Crippen LogP contribution in [-0.2, 0) is 12.6 Å². The molecule has 0 radical (unpaired) electrons. The Kier molecular flexibility index (Phi) is 7.09. The first-order valence-corrected chi connectivity index (χ1v) is 12.6. The van der Waals surface area contributed by atoms with Gasteiger partial charge in [-0.05, 0) is 41.8 Å². The van der Waals surface area contributed by atoms with E-state index in [1.807, 2.05) is 19.1 Å². The second-order valence-corrected chi connectivity index (χ2v) is 9.15. The zero-order valence-corrected chi connectivity index (χ0v) is 21.4. The number of benzene rings is 4. The quantitative estimate of drug-likeness (QED) is 0.223. The van der Waals surface area contributed by atoms with Crippen LogP contribution in [0.4, 0.5) is 29.3 Å². The third-order valence-electron chi connectivity index (χ3n) is 6.71. The topological polar surface area (TPSA) is 76.3 Å². The lowest BCUT2D eigenvalue weighted by Gasteiger charge is -2.24. The summed E-state index contributed by atoms with van der Waals surface area (Å²) in [6.45, 7) is 1.96. The minimum atomic E-state index is -4.65. The molecule has 0 bridgehead atoms. The van der Waals surface area contributed by atoms with Crippen molar-refractivity contribution in [3.05, 3.63) is 126 Å². The molecule has 0 saturated carbocycles. The molecule has 0 spiro atoms. The van der Waals surface area contributed by atoms with Crippen LogP contribution in [0.5, 0.6) is 0 Å². The third kappa shape index (κ3) is 4.91. The zero-order chi connectivity index (χ0) is 28.4. The van der Waals surface area contributed by atoms with E-state index >= 15 is 0 Å². The number of fused-ring (bicyclic) bond motifs is 1. The summed E-state index contributed by atoms with van der Waals surface area (Å²) in [4.78, 5) is 31.8. The molecule has 5 aromatic rings. The van der Waals surface area contributed by atoms with Crippen LogP contribution >= 0.6 is 0 Å². The summed E-state index contributed by atoms with van der Waals surface area (Å²) in [7, 11) is 0. The number of aromatic nitrogens is 1. The van der Waals surface area contributed by atoms with Crippen molar-refractivity contribution in [3.8, 4) is 11.1 Å². The average Bonchev–Trinajstić information content (AvgIpc) is 2.96. The number of rotatable bonds is 6. The lowest BCUT2D eigenvalue weighted by molar-refractivity contribution is -0.136. The van der Waals surface area contributed by atoms with Crippen molar-refractivity contribution in [1.82, 2.24) is 4.98 Å². The number of hydrogen-bond donors (Lipinski definition) is 1. The van der Waals surface area contributed by atoms with Crippen molar-refractivity contribution in [2.45, 2.75) is 19.5 Å². The maximum Gasteiger partial charge on any atom is 0.418 e. The van der Waals surface area contributed by atoms with Gasteiger partial charge in [0.1, 0.15) is 0 Å². The Balaban J connectivity index is 1.78. The second kappa shape index (κ2) is 10.6. The maximum atomic E-state index is 13.9. The first-order chi connectivity index (χ1) is 19.2. The Morgan fingerprint density at radius 3 is 2.27 bits per heavy atom. The molecule has 0 aliphatic carbocycles. The van der Waals surface area contributed by atoms with E-state index in [1.165, 1.54) is 23.2 Å². The van der Waals surface area contributed by atoms with Crippen molar-refractivity contribution in [2.75, 3.05) is 4.90 Å². The number of carbonyl (C=O) groups is 2. The lowest BCUT2D eigenvalue weighted by atomic mass is 9.91. The highest BCUT2D eigenvalue weighted by atomic mass is 19.4. The number of alkyl halides is 3. The summed E-state index contributed by atoms with van der Waals surface area (Å²) in [5.41, 5.74) is 7.73. The molecule has 4 aromatic carbocycles. The number of pyridine rings is 1. The molecule has 0 saturated heterocycles. The highest BCUT2D eigenvalue weighted by Crippen LogP contribution is 2.40. The van der Waals surface area contributed by atoms with Gasteiger partial charge in [-0.1, -0.05) is 79.7 Å². The van der Waals surface area contributed by atoms with E-state index in [2.05, 4.69) is 4.98 Å². The number of nitrogens with two attached hydrogens (primary N) is 1. The maximum absolute atomic E-state index is 13.9. The fourth-order valence-corrected chi connectivity index (χ4v) is 4.89. The van der Waals surface area contributed by atoms with Gasteiger partial charge < -0.3 is 5.73 Å². The van der Waals surface area contributed by atoms with E-state index in [1.54, 1.807) is 66.7 Å². The van der Waals surface area contributed by atoms with Gasteiger partial charge in [0, 0.05) is 28.3 Å². The molecule has 2 amide bonds. The number of primary amides is 1. The first-order valence-electron chi connectivity index (χ1n) is 12.6. The number of amides is 2. The SMILES string of the molecule is CCc1ccccc1N(C(N)=O)c1cccc(-c2c(C(=O)c3ccccc3)cnc3c(C(F)(F)F)cccc23)c1. The number of carbonyl (C=O) groups excluding carboxylic acids is 2. The van der Waals surface area contributed by atoms with Gasteiger partial charge in [-0.2, -0.15) is 13.2 Å². The minimum absolute atomic E-state index is 0.134. The number of hydrogen-bond acceptors (Lipinski definition) is 3. The van der Waals surface area contributed by atoms with Crippen LogP contribution in [0.25, 0.3) is 22.0 Å². The van der Waals surface area contributed by atoms with Crippen LogP contribution in [0, 0.1) is 0 Å². The molecule has 1 heterocycles. The Bertz CT molecular complexity index is 1730. The van der Waals surface area contributed by atoms with E-state index in [4.69, 9.17) is 5.73 Å². The van der Waals surface area contributed by atoms with E-state index in [-0.39, 0.29) is 22.0 Å². The Morgan fingerprint density at radius 2 is 1.57 bits per heavy atom. The molecule has 5 nitrogen and oxygen atoms in total. The Morgan fingerprint density at radius 1 is 0.875 bits per heavy atom. The van der Waals surface area contributed by atoms with Crippen LogP contribution in [-0.4, -0.2) is 16.8 Å². The van der Waals surface area contributed by atoms with Gasteiger partial charge in [0.2, 0.25) is 0 Å². The van der Waals surface area contributed by atoms with Crippen molar-refractivity contribution >= 4 is 34.1 Å². The number of ketones is 1. The molecule has 0 unspecified atom stereocenters. The monoisotopic (exact) mass is 539 g/mol. The summed E-state index contributed by atoms with van der Waals surface area (Å²) < 4.78 is 41.8. The van der Waals surface area contributed by atoms with Gasteiger partial charge in [-0.15, -0.1) is 0 Å². The first kappa shape index (κ1) is 26.6. The standard InChI is InChI=1S/C32H24F3N3O2/c1-2-20-10-6-7-17-27(20)38(31(36)40)23-14-8-13-22(18-23)28-24-15-9-16-26(32(33,34)35)29(24)37-19-25(28)30(39)21-11-4-3-5-12-21/h3-19H,2H2,1H3,(H2,36,40). The smallest absolute Gasteiger partial charge is 0.351 e. The van der Waals surface area contributed by atoms with Gasteiger partial charge >= 0.3 is 12.2 Å². The molecular weight excluding hydrogens is 515 g/mol. The summed E-state index contributed by atoms with van der Waals surface area (Å²) in [6, 6.07) is 25.5. The molecule has 200 valence electrons. The van der Waals surface area contributed by atoms with Crippen molar-refractivity contribution < 1.29 is 22.8 Å². The number of nitrogens with zero attached hydrogens (tertiary/aromatic N) is 2. The number of halogens is 3. The summed E-state index contributed by atoms with van der Waals surface area (Å²) in [5, 5.41) is 0.160. The summed E-state index contributed by atoms with van der Waals surface area (Å²) in [5.74, 6) is -0.393. The van der Waals surface area contributed by atoms with Crippen LogP contribution in [0.15, 0.2) is 103 Å². The van der Waals surface area contributed by atoms with Crippen molar-refractivity contribution in [1.29, 1.82) is 0 Å². The molecule has 1 aromatic heterocycles. The highest BCUT2D eigenvalue weighted by molar-refractivity contribution is 6.17.